The predicted molar refractivity (Wildman–Crippen MR) is 207 cm³/mol. The molecule has 3 aromatic heterocycles. The van der Waals surface area contributed by atoms with Crippen molar-refractivity contribution in [1.29, 1.82) is 0 Å². The van der Waals surface area contributed by atoms with Crippen LogP contribution in [-0.4, -0.2) is 93.5 Å². The highest BCUT2D eigenvalue weighted by Crippen LogP contribution is 2.34. The van der Waals surface area contributed by atoms with E-state index < -0.39 is 18.4 Å². The maximum Gasteiger partial charge on any atom is 0.322 e. The molecule has 3 aromatic carbocycles. The van der Waals surface area contributed by atoms with Gasteiger partial charge in [0.15, 0.2) is 0 Å². The average Bonchev–Trinajstić information content (AvgIpc) is 3.61. The molecular formula is C38H33Cl2N7O5S. The van der Waals surface area contributed by atoms with Gasteiger partial charge in [0.25, 0.3) is 5.91 Å². The maximum atomic E-state index is 13.6. The first-order chi connectivity index (χ1) is 25.7. The monoisotopic (exact) mass is 769 g/mol. The van der Waals surface area contributed by atoms with Crippen molar-refractivity contribution < 1.29 is 24.2 Å². The molecule has 0 saturated carbocycles. The summed E-state index contributed by atoms with van der Waals surface area (Å²) in [7, 11) is 0. The van der Waals surface area contributed by atoms with E-state index in [9.17, 15) is 14.4 Å². The van der Waals surface area contributed by atoms with E-state index in [0.29, 0.717) is 88.3 Å². The number of aromatic nitrogens is 3. The van der Waals surface area contributed by atoms with E-state index in [2.05, 4.69) is 25.5 Å². The number of carbonyl (C=O) groups excluding carboxylic acids is 2. The van der Waals surface area contributed by atoms with Crippen LogP contribution in [0, 0.1) is 0 Å². The van der Waals surface area contributed by atoms with E-state index >= 15 is 0 Å². The molecule has 0 bridgehead atoms. The number of benzene rings is 3. The van der Waals surface area contributed by atoms with Gasteiger partial charge < -0.3 is 25.4 Å². The van der Waals surface area contributed by atoms with Crippen LogP contribution in [0.2, 0.25) is 10.0 Å². The Kier molecular flexibility index (Phi) is 11.0. The standard InChI is InChI=1S/C38H33Cl2N7O5S/c39-24-2-1-3-25(17-24)43-36-29-8-9-41-20-31(29)28-6-4-23(16-33(28)45-36)38(51)47-12-10-46(11-13-47)14-15-52-27-5-7-30(32(40)19-27)37-44-26(22-53-37)18-34(48)42-21-35(49)50/h1-9,16-17,19-20,22H,10-15,18,21H2,(H,42,48)(H,43,45)(H,49,50). The van der Waals surface area contributed by atoms with Crippen molar-refractivity contribution in [1.82, 2.24) is 30.1 Å². The zero-order chi connectivity index (χ0) is 36.9. The molecule has 1 fully saturated rings. The molecule has 0 spiro atoms. The Morgan fingerprint density at radius 1 is 0.925 bits per heavy atom. The fourth-order valence-electron chi connectivity index (χ4n) is 6.10. The summed E-state index contributed by atoms with van der Waals surface area (Å²) in [6, 6.07) is 20.4. The van der Waals surface area contributed by atoms with E-state index in [1.807, 2.05) is 71.8 Å². The Hall–Kier alpha value is -5.34. The SMILES string of the molecule is O=C(O)CNC(=O)Cc1csc(-c2ccc(OCCN3CCN(C(=O)c4ccc5c(c4)nc(Nc4cccc(Cl)c4)c4ccncc45)CC3)cc2Cl)n1. The van der Waals surface area contributed by atoms with Crippen molar-refractivity contribution in [2.75, 3.05) is 51.2 Å². The number of nitrogens with one attached hydrogen (secondary N) is 2. The van der Waals surface area contributed by atoms with Crippen LogP contribution in [0.1, 0.15) is 16.1 Å². The topological polar surface area (TPSA) is 150 Å². The van der Waals surface area contributed by atoms with Gasteiger partial charge in [0, 0.05) is 88.5 Å². The van der Waals surface area contributed by atoms with Crippen LogP contribution < -0.4 is 15.4 Å². The summed E-state index contributed by atoms with van der Waals surface area (Å²) in [5, 5.41) is 20.7. The highest BCUT2D eigenvalue weighted by Gasteiger charge is 2.23. The molecule has 0 aliphatic carbocycles. The minimum atomic E-state index is -1.11. The number of carbonyl (C=O) groups is 3. The summed E-state index contributed by atoms with van der Waals surface area (Å²) in [5.74, 6) is -0.284. The molecule has 53 heavy (non-hydrogen) atoms. The molecular weight excluding hydrogens is 737 g/mol. The Balaban J connectivity index is 0.925. The van der Waals surface area contributed by atoms with Gasteiger partial charge in [0.05, 0.1) is 22.7 Å². The zero-order valence-corrected chi connectivity index (χ0v) is 30.5. The van der Waals surface area contributed by atoms with Gasteiger partial charge in [-0.05, 0) is 54.6 Å². The van der Waals surface area contributed by atoms with Gasteiger partial charge in [-0.25, -0.2) is 9.97 Å². The molecule has 0 radical (unpaired) electrons. The first-order valence-corrected chi connectivity index (χ1v) is 18.4. The number of rotatable bonds is 12. The maximum absolute atomic E-state index is 13.6. The molecule has 7 rings (SSSR count). The number of nitrogens with zero attached hydrogens (tertiary/aromatic N) is 5. The molecule has 12 nitrogen and oxygen atoms in total. The summed E-state index contributed by atoms with van der Waals surface area (Å²) < 4.78 is 6.00. The lowest BCUT2D eigenvalue weighted by molar-refractivity contribution is -0.137. The number of thiazole rings is 1. The number of ether oxygens (including phenoxy) is 1. The Morgan fingerprint density at radius 3 is 2.57 bits per heavy atom. The third-order valence-electron chi connectivity index (χ3n) is 8.77. The number of hydrogen-bond donors (Lipinski definition) is 3. The Morgan fingerprint density at radius 2 is 1.77 bits per heavy atom. The van der Waals surface area contributed by atoms with Crippen LogP contribution in [0.4, 0.5) is 11.5 Å². The van der Waals surface area contributed by atoms with E-state index in [-0.39, 0.29) is 12.3 Å². The van der Waals surface area contributed by atoms with Crippen LogP contribution in [-0.2, 0) is 16.0 Å². The number of pyridine rings is 2. The molecule has 3 N–H and O–H groups in total. The van der Waals surface area contributed by atoms with E-state index in [4.69, 9.17) is 38.0 Å². The fourth-order valence-corrected chi connectivity index (χ4v) is 7.47. The number of fused-ring (bicyclic) bond motifs is 3. The smallest absolute Gasteiger partial charge is 0.322 e. The van der Waals surface area contributed by atoms with Crippen LogP contribution in [0.3, 0.4) is 0 Å². The first kappa shape index (κ1) is 36.0. The number of piperazine rings is 1. The lowest BCUT2D eigenvalue weighted by Gasteiger charge is -2.34. The highest BCUT2D eigenvalue weighted by molar-refractivity contribution is 7.13. The molecule has 270 valence electrons. The number of carboxylic acids is 1. The fraction of sp³-hybridized carbons (Fsp3) is 0.211. The Bertz CT molecular complexity index is 2330. The summed E-state index contributed by atoms with van der Waals surface area (Å²) in [4.78, 5) is 54.1. The van der Waals surface area contributed by atoms with Gasteiger partial charge >= 0.3 is 5.97 Å². The number of carboxylic acid groups (broad SMARTS) is 1. The second-order valence-electron chi connectivity index (χ2n) is 12.4. The van der Waals surface area contributed by atoms with Crippen molar-refractivity contribution in [3.05, 3.63) is 106 Å². The molecule has 0 atom stereocenters. The lowest BCUT2D eigenvalue weighted by Crippen LogP contribution is -2.49. The van der Waals surface area contributed by atoms with Crippen LogP contribution in [0.5, 0.6) is 5.75 Å². The Labute approximate surface area is 318 Å². The molecule has 0 unspecified atom stereocenters. The molecule has 1 aliphatic heterocycles. The number of anilines is 2. The second kappa shape index (κ2) is 16.1. The highest BCUT2D eigenvalue weighted by atomic mass is 35.5. The third-order valence-corrected chi connectivity index (χ3v) is 10.2. The van der Waals surface area contributed by atoms with Crippen LogP contribution >= 0.6 is 34.5 Å². The summed E-state index contributed by atoms with van der Waals surface area (Å²) in [6.07, 6.45) is 3.53. The van der Waals surface area contributed by atoms with Crippen LogP contribution in [0.25, 0.3) is 32.2 Å². The lowest BCUT2D eigenvalue weighted by atomic mass is 10.0. The molecule has 15 heteroatoms. The second-order valence-corrected chi connectivity index (χ2v) is 14.1. The molecule has 2 amide bonds. The molecule has 1 saturated heterocycles. The van der Waals surface area contributed by atoms with Gasteiger partial charge in [0.1, 0.15) is 29.7 Å². The van der Waals surface area contributed by atoms with E-state index in [1.165, 1.54) is 11.3 Å². The van der Waals surface area contributed by atoms with Gasteiger partial charge in [-0.3, -0.25) is 24.3 Å². The number of hydrogen-bond acceptors (Lipinski definition) is 10. The van der Waals surface area contributed by atoms with Gasteiger partial charge in [-0.1, -0.05) is 35.3 Å². The van der Waals surface area contributed by atoms with Crippen molar-refractivity contribution >= 4 is 85.5 Å². The van der Waals surface area contributed by atoms with Gasteiger partial charge in [-0.15, -0.1) is 11.3 Å². The summed E-state index contributed by atoms with van der Waals surface area (Å²) in [5.41, 5.74) is 3.33. The minimum absolute atomic E-state index is 0.0213. The van der Waals surface area contributed by atoms with Crippen molar-refractivity contribution in [3.63, 3.8) is 0 Å². The number of aliphatic carboxylic acids is 1. The van der Waals surface area contributed by atoms with Gasteiger partial charge in [0.2, 0.25) is 5.91 Å². The molecule has 4 heterocycles. The number of halogens is 2. The van der Waals surface area contributed by atoms with E-state index in [0.717, 1.165) is 21.8 Å². The number of amides is 2. The summed E-state index contributed by atoms with van der Waals surface area (Å²) >= 11 is 14.1. The van der Waals surface area contributed by atoms with Crippen molar-refractivity contribution in [2.45, 2.75) is 6.42 Å². The quantitative estimate of drug-likeness (QED) is 0.117. The van der Waals surface area contributed by atoms with Crippen molar-refractivity contribution in [3.8, 4) is 16.3 Å². The summed E-state index contributed by atoms with van der Waals surface area (Å²) in [6.45, 7) is 3.30. The average molecular weight is 771 g/mol. The van der Waals surface area contributed by atoms with Gasteiger partial charge in [-0.2, -0.15) is 0 Å². The largest absolute Gasteiger partial charge is 0.492 e. The first-order valence-electron chi connectivity index (χ1n) is 16.8. The minimum Gasteiger partial charge on any atom is -0.492 e. The normalized spacial score (nSPS) is 13.3. The van der Waals surface area contributed by atoms with E-state index in [1.54, 1.807) is 17.6 Å². The molecule has 6 aromatic rings. The van der Waals surface area contributed by atoms with Crippen LogP contribution in [0.15, 0.2) is 84.5 Å². The van der Waals surface area contributed by atoms with Crippen molar-refractivity contribution in [2.24, 2.45) is 0 Å². The third kappa shape index (κ3) is 8.66. The molecule has 1 aliphatic rings. The zero-order valence-electron chi connectivity index (χ0n) is 28.2. The predicted octanol–water partition coefficient (Wildman–Crippen LogP) is 6.54.